The van der Waals surface area contributed by atoms with Crippen LogP contribution in [0.1, 0.15) is 35.1 Å². The van der Waals surface area contributed by atoms with Gasteiger partial charge in [0.25, 0.3) is 0 Å². The van der Waals surface area contributed by atoms with E-state index in [-0.39, 0.29) is 5.82 Å². The van der Waals surface area contributed by atoms with Gasteiger partial charge in [0.2, 0.25) is 0 Å². The molecule has 1 heterocycles. The number of hydrogen-bond acceptors (Lipinski definition) is 7. The number of hydrogen-bond donors (Lipinski definition) is 4. The van der Waals surface area contributed by atoms with Gasteiger partial charge in [-0.05, 0) is 74.4 Å². The summed E-state index contributed by atoms with van der Waals surface area (Å²) in [5.74, 6) is -3.79. The first-order valence-electron chi connectivity index (χ1n) is 10.4. The summed E-state index contributed by atoms with van der Waals surface area (Å²) in [6.45, 7) is 1.43. The Hall–Kier alpha value is -3.36. The van der Waals surface area contributed by atoms with Crippen LogP contribution in [-0.4, -0.2) is 70.1 Å². The summed E-state index contributed by atoms with van der Waals surface area (Å²) in [5, 5.41) is 41.6. The molecule has 3 rings (SSSR count). The SMILES string of the molecule is CN(C)CCC[C@@]1(c2ccc(F)cc2)OCc2cc(C#N)ccc21.O=C(O)C(O)C(O)C(=O)O. The Kier molecular flexibility index (Phi) is 9.23. The van der Waals surface area contributed by atoms with Gasteiger partial charge in [0, 0.05) is 0 Å². The third-order valence-electron chi connectivity index (χ3n) is 5.39. The molecule has 1 aliphatic rings. The molecular formula is C24H27FN2O7. The molecule has 10 heteroatoms. The average molecular weight is 474 g/mol. The Morgan fingerprint density at radius 3 is 2.21 bits per heavy atom. The number of benzene rings is 2. The highest BCUT2D eigenvalue weighted by Crippen LogP contribution is 2.45. The van der Waals surface area contributed by atoms with Gasteiger partial charge in [-0.15, -0.1) is 0 Å². The topological polar surface area (TPSA) is 151 Å². The van der Waals surface area contributed by atoms with Crippen LogP contribution in [0, 0.1) is 17.1 Å². The normalized spacial score (nSPS) is 18.3. The van der Waals surface area contributed by atoms with Crippen molar-refractivity contribution >= 4 is 11.9 Å². The number of ether oxygens (including phenoxy) is 1. The van der Waals surface area contributed by atoms with E-state index in [4.69, 9.17) is 30.4 Å². The van der Waals surface area contributed by atoms with Crippen LogP contribution in [0.2, 0.25) is 0 Å². The van der Waals surface area contributed by atoms with E-state index in [1.165, 1.54) is 12.1 Å². The molecule has 0 spiro atoms. The van der Waals surface area contributed by atoms with Crippen molar-refractivity contribution in [3.05, 3.63) is 70.5 Å². The summed E-state index contributed by atoms with van der Waals surface area (Å²) in [6.07, 6.45) is -2.76. The Labute approximate surface area is 196 Å². The van der Waals surface area contributed by atoms with Gasteiger partial charge in [0.15, 0.2) is 12.2 Å². The fraction of sp³-hybridized carbons (Fsp3) is 0.375. The molecule has 2 unspecified atom stereocenters. The lowest BCUT2D eigenvalue weighted by molar-refractivity contribution is -0.165. The third-order valence-corrected chi connectivity index (χ3v) is 5.39. The number of fused-ring (bicyclic) bond motifs is 1. The number of aliphatic hydroxyl groups excluding tert-OH is 2. The Morgan fingerprint density at radius 2 is 1.71 bits per heavy atom. The molecule has 34 heavy (non-hydrogen) atoms. The smallest absolute Gasteiger partial charge is 0.335 e. The highest BCUT2D eigenvalue weighted by molar-refractivity contribution is 5.83. The average Bonchev–Trinajstić information content (AvgIpc) is 3.17. The van der Waals surface area contributed by atoms with Crippen LogP contribution in [0.4, 0.5) is 4.39 Å². The lowest BCUT2D eigenvalue weighted by atomic mass is 9.81. The quantitative estimate of drug-likeness (QED) is 0.448. The number of carbonyl (C=O) groups is 2. The van der Waals surface area contributed by atoms with Crippen molar-refractivity contribution in [2.75, 3.05) is 20.6 Å². The minimum Gasteiger partial charge on any atom is -0.479 e. The Bertz CT molecular complexity index is 1030. The number of carboxylic acids is 2. The van der Waals surface area contributed by atoms with Crippen molar-refractivity contribution in [1.29, 1.82) is 5.26 Å². The van der Waals surface area contributed by atoms with Crippen molar-refractivity contribution in [3.63, 3.8) is 0 Å². The fourth-order valence-electron chi connectivity index (χ4n) is 3.68. The maximum absolute atomic E-state index is 13.4. The van der Waals surface area contributed by atoms with Crippen molar-refractivity contribution in [2.45, 2.75) is 37.3 Å². The van der Waals surface area contributed by atoms with Gasteiger partial charge in [0.05, 0.1) is 18.2 Å². The maximum atomic E-state index is 13.4. The molecule has 0 aliphatic carbocycles. The molecule has 0 saturated carbocycles. The lowest BCUT2D eigenvalue weighted by Gasteiger charge is -2.31. The first-order chi connectivity index (χ1) is 16.0. The fourth-order valence-corrected chi connectivity index (χ4v) is 3.68. The minimum atomic E-state index is -2.27. The molecule has 182 valence electrons. The molecule has 9 nitrogen and oxygen atoms in total. The molecule has 0 bridgehead atoms. The van der Waals surface area contributed by atoms with Crippen LogP contribution < -0.4 is 0 Å². The van der Waals surface area contributed by atoms with Crippen LogP contribution >= 0.6 is 0 Å². The molecule has 2 aromatic carbocycles. The highest BCUT2D eigenvalue weighted by atomic mass is 19.1. The summed E-state index contributed by atoms with van der Waals surface area (Å²) in [7, 11) is 4.10. The summed E-state index contributed by atoms with van der Waals surface area (Å²) in [4.78, 5) is 21.7. The Morgan fingerprint density at radius 1 is 1.12 bits per heavy atom. The zero-order chi connectivity index (χ0) is 25.5. The lowest BCUT2D eigenvalue weighted by Crippen LogP contribution is -2.39. The van der Waals surface area contributed by atoms with Gasteiger partial charge in [-0.25, -0.2) is 14.0 Å². The molecular weight excluding hydrogens is 447 g/mol. The predicted molar refractivity (Wildman–Crippen MR) is 118 cm³/mol. The molecule has 0 radical (unpaired) electrons. The maximum Gasteiger partial charge on any atom is 0.335 e. The van der Waals surface area contributed by atoms with Crippen molar-refractivity contribution in [2.24, 2.45) is 0 Å². The van der Waals surface area contributed by atoms with E-state index >= 15 is 0 Å². The highest BCUT2D eigenvalue weighted by Gasteiger charge is 2.41. The number of aliphatic carboxylic acids is 2. The second-order valence-corrected chi connectivity index (χ2v) is 8.08. The number of nitriles is 1. The van der Waals surface area contributed by atoms with E-state index < -0.39 is 29.7 Å². The van der Waals surface area contributed by atoms with Gasteiger partial charge in [-0.3, -0.25) is 0 Å². The molecule has 3 atom stereocenters. The van der Waals surface area contributed by atoms with E-state index in [9.17, 15) is 14.0 Å². The predicted octanol–water partition coefficient (Wildman–Crippen LogP) is 1.69. The molecule has 1 aliphatic heterocycles. The zero-order valence-electron chi connectivity index (χ0n) is 18.8. The van der Waals surface area contributed by atoms with Crippen molar-refractivity contribution < 1.29 is 39.1 Å². The monoisotopic (exact) mass is 474 g/mol. The van der Waals surface area contributed by atoms with Crippen molar-refractivity contribution in [3.8, 4) is 6.07 Å². The first-order valence-corrected chi connectivity index (χ1v) is 10.4. The molecule has 0 aromatic heterocycles. The summed E-state index contributed by atoms with van der Waals surface area (Å²) in [5.41, 5.74) is 3.18. The van der Waals surface area contributed by atoms with Crippen molar-refractivity contribution in [1.82, 2.24) is 4.90 Å². The largest absolute Gasteiger partial charge is 0.479 e. The zero-order valence-corrected chi connectivity index (χ0v) is 18.8. The molecule has 0 amide bonds. The number of halogens is 1. The molecule has 0 saturated heterocycles. The van der Waals surface area contributed by atoms with Crippen LogP contribution in [0.15, 0.2) is 42.5 Å². The minimum absolute atomic E-state index is 0.250. The first kappa shape index (κ1) is 26.9. The molecule has 0 fully saturated rings. The van der Waals surface area contributed by atoms with Crippen LogP contribution in [0.25, 0.3) is 0 Å². The summed E-state index contributed by atoms with van der Waals surface area (Å²) < 4.78 is 19.6. The molecule has 2 aromatic rings. The van der Waals surface area contributed by atoms with Crippen LogP contribution in [-0.2, 0) is 26.5 Å². The second kappa shape index (κ2) is 11.7. The summed E-state index contributed by atoms with van der Waals surface area (Å²) in [6, 6.07) is 14.5. The molecule has 4 N–H and O–H groups in total. The number of nitrogens with zero attached hydrogens (tertiary/aromatic N) is 2. The number of rotatable bonds is 8. The second-order valence-electron chi connectivity index (χ2n) is 8.08. The van der Waals surface area contributed by atoms with Gasteiger partial charge in [-0.1, -0.05) is 18.2 Å². The van der Waals surface area contributed by atoms with Gasteiger partial charge < -0.3 is 30.1 Å². The Balaban J connectivity index is 0.000000347. The number of carboxylic acid groups (broad SMARTS) is 2. The van der Waals surface area contributed by atoms with E-state index in [2.05, 4.69) is 11.0 Å². The van der Waals surface area contributed by atoms with Gasteiger partial charge >= 0.3 is 11.9 Å². The van der Waals surface area contributed by atoms with E-state index in [1.54, 1.807) is 12.1 Å². The van der Waals surface area contributed by atoms with E-state index in [0.29, 0.717) is 12.2 Å². The standard InChI is InChI=1S/C20H21FN2O.C4H6O6/c1-23(2)11-3-10-20(17-5-7-18(21)8-6-17)19-9-4-15(13-22)12-16(19)14-24-20;5-1(3(7)8)2(6)4(9)10/h4-9,12H,3,10-11,14H2,1-2H3;1-2,5-6H,(H,7,8)(H,9,10)/t20-;/m0./s1. The van der Waals surface area contributed by atoms with E-state index in [0.717, 1.165) is 36.1 Å². The van der Waals surface area contributed by atoms with Gasteiger partial charge in [-0.2, -0.15) is 5.26 Å². The van der Waals surface area contributed by atoms with Crippen LogP contribution in [0.5, 0.6) is 0 Å². The number of aliphatic hydroxyl groups is 2. The third kappa shape index (κ3) is 6.36. The van der Waals surface area contributed by atoms with E-state index in [1.807, 2.05) is 32.3 Å². The van der Waals surface area contributed by atoms with Gasteiger partial charge in [0.1, 0.15) is 11.4 Å². The summed E-state index contributed by atoms with van der Waals surface area (Å²) >= 11 is 0. The van der Waals surface area contributed by atoms with Crippen LogP contribution in [0.3, 0.4) is 0 Å².